The number of halogens is 1. The molecular weight excluding hydrogens is 228 g/mol. The van der Waals surface area contributed by atoms with Crippen molar-refractivity contribution in [1.29, 1.82) is 0 Å². The predicted octanol–water partition coefficient (Wildman–Crippen LogP) is 4.42. The van der Waals surface area contributed by atoms with Gasteiger partial charge < -0.3 is 4.74 Å². The Kier molecular flexibility index (Phi) is 3.19. The van der Waals surface area contributed by atoms with Gasteiger partial charge in [-0.05, 0) is 48.5 Å². The van der Waals surface area contributed by atoms with Gasteiger partial charge in [0.1, 0.15) is 11.5 Å². The second-order valence-electron chi connectivity index (χ2n) is 3.05. The Labute approximate surface area is 99.1 Å². The summed E-state index contributed by atoms with van der Waals surface area (Å²) in [6.07, 6.45) is 0. The van der Waals surface area contributed by atoms with E-state index in [9.17, 15) is 0 Å². The summed E-state index contributed by atoms with van der Waals surface area (Å²) in [6, 6.07) is 14.8. The van der Waals surface area contributed by atoms with Crippen molar-refractivity contribution in [3.8, 4) is 11.5 Å². The summed E-state index contributed by atoms with van der Waals surface area (Å²) < 4.78 is 5.60. The molecule has 0 N–H and O–H groups in total. The quantitative estimate of drug-likeness (QED) is 0.760. The summed E-state index contributed by atoms with van der Waals surface area (Å²) in [5.74, 6) is 1.56. The van der Waals surface area contributed by atoms with E-state index in [1.807, 2.05) is 36.4 Å². The van der Waals surface area contributed by atoms with Crippen molar-refractivity contribution in [2.45, 2.75) is 4.90 Å². The molecule has 0 aliphatic carbocycles. The maximum Gasteiger partial charge on any atom is 0.127 e. The second kappa shape index (κ2) is 4.60. The zero-order chi connectivity index (χ0) is 10.7. The van der Waals surface area contributed by atoms with E-state index < -0.39 is 0 Å². The molecule has 2 rings (SSSR count). The highest BCUT2D eigenvalue weighted by Gasteiger charge is 1.96. The Balaban J connectivity index is 2.15. The molecule has 1 nitrogen and oxygen atoms in total. The average Bonchev–Trinajstić information content (AvgIpc) is 2.25. The van der Waals surface area contributed by atoms with E-state index in [1.165, 1.54) is 0 Å². The van der Waals surface area contributed by atoms with Crippen LogP contribution in [0.5, 0.6) is 11.5 Å². The third kappa shape index (κ3) is 2.91. The number of ether oxygens (including phenoxy) is 1. The van der Waals surface area contributed by atoms with Crippen LogP contribution in [0.15, 0.2) is 53.4 Å². The van der Waals surface area contributed by atoms with Crippen LogP contribution in [0.4, 0.5) is 0 Å². The van der Waals surface area contributed by atoms with E-state index in [1.54, 1.807) is 12.1 Å². The highest BCUT2D eigenvalue weighted by Crippen LogP contribution is 2.23. The van der Waals surface area contributed by atoms with Crippen LogP contribution in [-0.2, 0) is 0 Å². The second-order valence-corrected chi connectivity index (χ2v) is 4.00. The van der Waals surface area contributed by atoms with E-state index in [0.717, 1.165) is 16.4 Å². The summed E-state index contributed by atoms with van der Waals surface area (Å²) in [6.45, 7) is 0. The van der Waals surface area contributed by atoms with E-state index >= 15 is 0 Å². The minimum atomic E-state index is 0.702. The maximum atomic E-state index is 5.77. The monoisotopic (exact) mass is 236 g/mol. The van der Waals surface area contributed by atoms with Crippen molar-refractivity contribution in [3.63, 3.8) is 0 Å². The standard InChI is InChI=1S/C12H9ClOS/c13-9-1-3-10(4-2-9)14-11-5-7-12(15)8-6-11/h1-8,15H. The molecule has 76 valence electrons. The van der Waals surface area contributed by atoms with Gasteiger partial charge in [0.25, 0.3) is 0 Å². The fourth-order valence-electron chi connectivity index (χ4n) is 1.15. The molecule has 15 heavy (non-hydrogen) atoms. The Morgan fingerprint density at radius 3 is 1.80 bits per heavy atom. The molecule has 0 aromatic heterocycles. The number of benzene rings is 2. The molecule has 0 spiro atoms. The topological polar surface area (TPSA) is 9.23 Å². The number of hydrogen-bond acceptors (Lipinski definition) is 2. The van der Waals surface area contributed by atoms with Crippen LogP contribution < -0.4 is 4.74 Å². The molecule has 3 heteroatoms. The molecule has 0 bridgehead atoms. The minimum absolute atomic E-state index is 0.702. The van der Waals surface area contributed by atoms with Crippen molar-refractivity contribution in [1.82, 2.24) is 0 Å². The molecule has 0 radical (unpaired) electrons. The first-order valence-corrected chi connectivity index (χ1v) is 5.29. The molecule has 2 aromatic rings. The minimum Gasteiger partial charge on any atom is -0.457 e. The van der Waals surface area contributed by atoms with Gasteiger partial charge in [-0.1, -0.05) is 11.6 Å². The fourth-order valence-corrected chi connectivity index (χ4v) is 1.43. The van der Waals surface area contributed by atoms with E-state index in [4.69, 9.17) is 16.3 Å². The van der Waals surface area contributed by atoms with Gasteiger partial charge in [-0.2, -0.15) is 0 Å². The molecule has 0 amide bonds. The van der Waals surface area contributed by atoms with Crippen LogP contribution in [0.2, 0.25) is 5.02 Å². The SMILES string of the molecule is Sc1ccc(Oc2ccc(Cl)cc2)cc1. The molecule has 0 unspecified atom stereocenters. The van der Waals surface area contributed by atoms with Gasteiger partial charge in [0, 0.05) is 9.92 Å². The Morgan fingerprint density at radius 1 is 0.800 bits per heavy atom. The lowest BCUT2D eigenvalue weighted by atomic mass is 10.3. The lowest BCUT2D eigenvalue weighted by Gasteiger charge is -2.05. The molecule has 0 saturated heterocycles. The van der Waals surface area contributed by atoms with Crippen molar-refractivity contribution in [2.24, 2.45) is 0 Å². The maximum absolute atomic E-state index is 5.77. The Morgan fingerprint density at radius 2 is 1.27 bits per heavy atom. The number of rotatable bonds is 2. The summed E-state index contributed by atoms with van der Waals surface area (Å²) >= 11 is 9.97. The summed E-state index contributed by atoms with van der Waals surface area (Å²) in [4.78, 5) is 0.915. The van der Waals surface area contributed by atoms with E-state index in [2.05, 4.69) is 12.6 Å². The molecule has 0 aliphatic rings. The number of thiol groups is 1. The zero-order valence-electron chi connectivity index (χ0n) is 7.85. The molecule has 0 atom stereocenters. The van der Waals surface area contributed by atoms with E-state index in [-0.39, 0.29) is 0 Å². The van der Waals surface area contributed by atoms with Gasteiger partial charge in [0.2, 0.25) is 0 Å². The van der Waals surface area contributed by atoms with Crippen LogP contribution in [0.25, 0.3) is 0 Å². The lowest BCUT2D eigenvalue weighted by Crippen LogP contribution is -1.82. The fraction of sp³-hybridized carbons (Fsp3) is 0. The van der Waals surface area contributed by atoms with Crippen LogP contribution in [0, 0.1) is 0 Å². The first kappa shape index (κ1) is 10.4. The lowest BCUT2D eigenvalue weighted by molar-refractivity contribution is 0.482. The van der Waals surface area contributed by atoms with Crippen LogP contribution in [0.1, 0.15) is 0 Å². The van der Waals surface area contributed by atoms with Crippen molar-refractivity contribution in [2.75, 3.05) is 0 Å². The van der Waals surface area contributed by atoms with Crippen molar-refractivity contribution < 1.29 is 4.74 Å². The van der Waals surface area contributed by atoms with Gasteiger partial charge in [0.15, 0.2) is 0 Å². The zero-order valence-corrected chi connectivity index (χ0v) is 9.50. The van der Waals surface area contributed by atoms with Gasteiger partial charge in [0.05, 0.1) is 0 Å². The average molecular weight is 237 g/mol. The molecule has 0 aliphatic heterocycles. The third-order valence-corrected chi connectivity index (χ3v) is 2.44. The molecule has 0 heterocycles. The largest absolute Gasteiger partial charge is 0.457 e. The van der Waals surface area contributed by atoms with Crippen LogP contribution >= 0.6 is 24.2 Å². The van der Waals surface area contributed by atoms with Gasteiger partial charge >= 0.3 is 0 Å². The third-order valence-electron chi connectivity index (χ3n) is 1.89. The molecule has 0 fully saturated rings. The van der Waals surface area contributed by atoms with Crippen LogP contribution in [0.3, 0.4) is 0 Å². The number of hydrogen-bond donors (Lipinski definition) is 1. The Bertz CT molecular complexity index is 393. The first-order valence-electron chi connectivity index (χ1n) is 4.46. The van der Waals surface area contributed by atoms with Crippen LogP contribution in [-0.4, -0.2) is 0 Å². The molecule has 0 saturated carbocycles. The van der Waals surface area contributed by atoms with Gasteiger partial charge in [-0.3, -0.25) is 0 Å². The predicted molar refractivity (Wildman–Crippen MR) is 65.2 cm³/mol. The summed E-state index contributed by atoms with van der Waals surface area (Å²) in [5, 5.41) is 0.702. The highest BCUT2D eigenvalue weighted by atomic mass is 35.5. The van der Waals surface area contributed by atoms with Gasteiger partial charge in [-0.15, -0.1) is 12.6 Å². The first-order chi connectivity index (χ1) is 7.24. The van der Waals surface area contributed by atoms with Crippen molar-refractivity contribution >= 4 is 24.2 Å². The van der Waals surface area contributed by atoms with E-state index in [0.29, 0.717) is 5.02 Å². The molecule has 2 aromatic carbocycles. The normalized spacial score (nSPS) is 10.0. The van der Waals surface area contributed by atoms with Crippen molar-refractivity contribution in [3.05, 3.63) is 53.6 Å². The Hall–Kier alpha value is -1.12. The summed E-state index contributed by atoms with van der Waals surface area (Å²) in [7, 11) is 0. The molecular formula is C12H9ClOS. The summed E-state index contributed by atoms with van der Waals surface area (Å²) in [5.41, 5.74) is 0. The highest BCUT2D eigenvalue weighted by molar-refractivity contribution is 7.80. The van der Waals surface area contributed by atoms with Gasteiger partial charge in [-0.25, -0.2) is 0 Å². The smallest absolute Gasteiger partial charge is 0.127 e.